The lowest BCUT2D eigenvalue weighted by atomic mass is 9.77. The van der Waals surface area contributed by atoms with Gasteiger partial charge in [-0.3, -0.25) is 0 Å². The van der Waals surface area contributed by atoms with Crippen LogP contribution in [0.5, 0.6) is 5.75 Å². The van der Waals surface area contributed by atoms with Gasteiger partial charge in [-0.2, -0.15) is 8.78 Å². The number of benzene rings is 3. The predicted molar refractivity (Wildman–Crippen MR) is 138 cm³/mol. The number of hydrogen-bond acceptors (Lipinski definition) is 3. The fourth-order valence-electron chi connectivity index (χ4n) is 5.40. The van der Waals surface area contributed by atoms with Crippen LogP contribution in [-0.2, 0) is 10.8 Å². The summed E-state index contributed by atoms with van der Waals surface area (Å²) in [6.07, 6.45) is -4.75. The summed E-state index contributed by atoms with van der Waals surface area (Å²) in [7, 11) is 0. The quantitative estimate of drug-likeness (QED) is 0.0999. The average Bonchev–Trinajstić information content (AvgIpc) is 2.89. The molecule has 14 heteroatoms. The number of carbonyl (C=O) groups is 1. The van der Waals surface area contributed by atoms with Crippen molar-refractivity contribution in [3.8, 4) is 16.9 Å². The topological polar surface area (TPSA) is 35.5 Å². The monoisotopic (exact) mass is 652 g/mol. The van der Waals surface area contributed by atoms with E-state index in [1.165, 1.54) is 0 Å². The van der Waals surface area contributed by atoms with Gasteiger partial charge >= 0.3 is 18.4 Å². The summed E-state index contributed by atoms with van der Waals surface area (Å²) in [5.41, 5.74) is -5.01. The molecular weight excluding hydrogens is 629 g/mol. The van der Waals surface area contributed by atoms with Crippen molar-refractivity contribution in [2.24, 2.45) is 5.92 Å². The lowest BCUT2D eigenvalue weighted by Crippen LogP contribution is -2.29. The Hall–Kier alpha value is -3.94. The van der Waals surface area contributed by atoms with Gasteiger partial charge in [0, 0.05) is 12.1 Å². The number of alkyl halides is 5. The minimum Gasteiger partial charge on any atom is -0.423 e. The van der Waals surface area contributed by atoms with Crippen LogP contribution in [0.2, 0.25) is 0 Å². The maximum atomic E-state index is 15.1. The highest BCUT2D eigenvalue weighted by atomic mass is 19.4. The van der Waals surface area contributed by atoms with Crippen molar-refractivity contribution in [1.29, 1.82) is 0 Å². The zero-order valence-corrected chi connectivity index (χ0v) is 23.0. The van der Waals surface area contributed by atoms with Gasteiger partial charge in [0.1, 0.15) is 51.8 Å². The van der Waals surface area contributed by atoms with E-state index >= 15 is 8.78 Å². The molecule has 1 saturated carbocycles. The van der Waals surface area contributed by atoms with Gasteiger partial charge in [-0.15, -0.1) is 19.8 Å². The first-order valence-corrected chi connectivity index (χ1v) is 13.5. The molecule has 1 aliphatic rings. The minimum absolute atomic E-state index is 0.124. The Morgan fingerprint density at radius 2 is 1.31 bits per heavy atom. The van der Waals surface area contributed by atoms with E-state index in [0.29, 0.717) is 36.5 Å². The summed E-state index contributed by atoms with van der Waals surface area (Å²) < 4.78 is 159. The SMILES string of the molecule is C=CCCC1CCC(c2cc(F)c(-c3cc(F)c(C(=O)Oc4cc(F)c(C(F)(F)OC(F)(F)F)c(F)c4)c(F)c3)c(F)c2)CC1. The van der Waals surface area contributed by atoms with Gasteiger partial charge < -0.3 is 4.74 Å². The molecule has 3 aromatic carbocycles. The van der Waals surface area contributed by atoms with Crippen molar-refractivity contribution in [3.63, 3.8) is 0 Å². The first kappa shape index (κ1) is 33.9. The molecule has 0 saturated heterocycles. The highest BCUT2D eigenvalue weighted by molar-refractivity contribution is 5.92. The van der Waals surface area contributed by atoms with Crippen molar-refractivity contribution >= 4 is 5.97 Å². The van der Waals surface area contributed by atoms with Crippen LogP contribution in [0.15, 0.2) is 49.1 Å². The number of hydrogen-bond donors (Lipinski definition) is 0. The summed E-state index contributed by atoms with van der Waals surface area (Å²) >= 11 is 0. The van der Waals surface area contributed by atoms with Crippen molar-refractivity contribution in [1.82, 2.24) is 0 Å². The molecule has 0 heterocycles. The van der Waals surface area contributed by atoms with E-state index in [-0.39, 0.29) is 18.1 Å². The summed E-state index contributed by atoms with van der Waals surface area (Å²) in [4.78, 5) is 12.4. The van der Waals surface area contributed by atoms with Gasteiger partial charge in [0.2, 0.25) is 0 Å². The van der Waals surface area contributed by atoms with Crippen LogP contribution in [0.25, 0.3) is 11.1 Å². The van der Waals surface area contributed by atoms with E-state index in [1.54, 1.807) is 0 Å². The number of carbonyl (C=O) groups excluding carboxylic acids is 1. The molecular formula is C31H23F11O3. The second-order valence-electron chi connectivity index (χ2n) is 10.5. The first-order valence-electron chi connectivity index (χ1n) is 13.5. The Labute approximate surface area is 249 Å². The zero-order valence-electron chi connectivity index (χ0n) is 23.0. The third-order valence-electron chi connectivity index (χ3n) is 7.46. The number of halogens is 11. The number of ether oxygens (including phenoxy) is 2. The normalized spacial score (nSPS) is 17.3. The Kier molecular flexibility index (Phi) is 9.95. The molecule has 0 spiro atoms. The van der Waals surface area contributed by atoms with Crippen LogP contribution in [0.1, 0.15) is 65.9 Å². The fraction of sp³-hybridized carbons (Fsp3) is 0.323. The van der Waals surface area contributed by atoms with Crippen molar-refractivity contribution in [2.75, 3.05) is 0 Å². The van der Waals surface area contributed by atoms with E-state index < -0.39 is 81.3 Å². The van der Waals surface area contributed by atoms with Gasteiger partial charge in [-0.05, 0) is 85.8 Å². The van der Waals surface area contributed by atoms with Crippen LogP contribution in [0.4, 0.5) is 48.3 Å². The zero-order chi connectivity index (χ0) is 33.3. The molecule has 1 fully saturated rings. The molecule has 3 aromatic rings. The largest absolute Gasteiger partial charge is 0.527 e. The summed E-state index contributed by atoms with van der Waals surface area (Å²) in [6, 6.07) is 2.67. The van der Waals surface area contributed by atoms with E-state index in [1.807, 2.05) is 6.08 Å². The smallest absolute Gasteiger partial charge is 0.423 e. The van der Waals surface area contributed by atoms with Crippen molar-refractivity contribution in [3.05, 3.63) is 101 Å². The van der Waals surface area contributed by atoms with Crippen LogP contribution < -0.4 is 4.74 Å². The predicted octanol–water partition coefficient (Wildman–Crippen LogP) is 10.2. The van der Waals surface area contributed by atoms with E-state index in [0.717, 1.165) is 37.8 Å². The van der Waals surface area contributed by atoms with Crippen LogP contribution in [0, 0.1) is 40.8 Å². The van der Waals surface area contributed by atoms with E-state index in [2.05, 4.69) is 16.1 Å². The Bertz CT molecular complexity index is 1520. The molecule has 0 amide bonds. The van der Waals surface area contributed by atoms with Gasteiger partial charge in [0.25, 0.3) is 0 Å². The Balaban J connectivity index is 1.55. The highest BCUT2D eigenvalue weighted by Crippen LogP contribution is 2.41. The van der Waals surface area contributed by atoms with Gasteiger partial charge in [0.15, 0.2) is 0 Å². The molecule has 0 atom stereocenters. The van der Waals surface area contributed by atoms with Crippen LogP contribution >= 0.6 is 0 Å². The van der Waals surface area contributed by atoms with Gasteiger partial charge in [-0.1, -0.05) is 6.08 Å². The summed E-state index contributed by atoms with van der Waals surface area (Å²) in [5, 5.41) is 0. The number of esters is 1. The maximum absolute atomic E-state index is 15.1. The van der Waals surface area contributed by atoms with E-state index in [9.17, 15) is 44.3 Å². The van der Waals surface area contributed by atoms with Crippen molar-refractivity contribution in [2.45, 2.75) is 56.9 Å². The second kappa shape index (κ2) is 13.2. The molecule has 1 aliphatic carbocycles. The third kappa shape index (κ3) is 7.84. The van der Waals surface area contributed by atoms with Gasteiger partial charge in [0.05, 0.1) is 5.56 Å². The molecule has 0 N–H and O–H groups in total. The molecule has 4 rings (SSSR count). The second-order valence-corrected chi connectivity index (χ2v) is 10.5. The van der Waals surface area contributed by atoms with Gasteiger partial charge in [-0.25, -0.2) is 35.9 Å². The minimum atomic E-state index is -5.99. The van der Waals surface area contributed by atoms with Crippen molar-refractivity contribution < 1.29 is 62.6 Å². The van der Waals surface area contributed by atoms with Crippen LogP contribution in [-0.4, -0.2) is 12.3 Å². The van der Waals surface area contributed by atoms with E-state index in [4.69, 9.17) is 0 Å². The number of rotatable bonds is 9. The number of allylic oxidation sites excluding steroid dienone is 1. The fourth-order valence-corrected chi connectivity index (χ4v) is 5.40. The van der Waals surface area contributed by atoms with Crippen LogP contribution in [0.3, 0.4) is 0 Å². The average molecular weight is 652 g/mol. The standard InChI is InChI=1S/C31H23F11O3/c1-2-3-4-15-5-7-16(8-6-15)17-9-20(32)26(21(33)10-17)18-11-22(34)27(23(35)12-18)29(43)44-19-13-24(36)28(25(37)14-19)30(38,39)45-31(40,41)42/h2,9-16H,1,3-8H2. The summed E-state index contributed by atoms with van der Waals surface area (Å²) in [6.45, 7) is 3.70. The molecule has 0 aromatic heterocycles. The first-order chi connectivity index (χ1) is 21.0. The molecule has 45 heavy (non-hydrogen) atoms. The third-order valence-corrected chi connectivity index (χ3v) is 7.46. The summed E-state index contributed by atoms with van der Waals surface area (Å²) in [5.74, 6) is -13.2. The molecule has 0 unspecified atom stereocenters. The highest BCUT2D eigenvalue weighted by Gasteiger charge is 2.49. The maximum Gasteiger partial charge on any atom is 0.527 e. The molecule has 242 valence electrons. The lowest BCUT2D eigenvalue weighted by Gasteiger charge is -2.29. The lowest BCUT2D eigenvalue weighted by molar-refractivity contribution is -0.432. The Morgan fingerprint density at radius 1 is 0.778 bits per heavy atom. The molecule has 0 radical (unpaired) electrons. The molecule has 3 nitrogen and oxygen atoms in total. The Morgan fingerprint density at radius 3 is 1.80 bits per heavy atom. The molecule has 0 bridgehead atoms. The molecule has 0 aliphatic heterocycles.